The number of benzene rings is 2. The van der Waals surface area contributed by atoms with Gasteiger partial charge in [0.2, 0.25) is 0 Å². The zero-order valence-corrected chi connectivity index (χ0v) is 16.3. The number of esters is 1. The number of hydrogen-bond donors (Lipinski definition) is 1. The fourth-order valence-corrected chi connectivity index (χ4v) is 2.45. The molecule has 29 heavy (non-hydrogen) atoms. The SMILES string of the molecule is COc1ccccc1C(=O)NC(=O)COC(=O)/C=C/c1cccc(OC)c1OC. The van der Waals surface area contributed by atoms with Crippen LogP contribution in [0.2, 0.25) is 0 Å². The molecule has 0 heterocycles. The molecule has 0 saturated carbocycles. The predicted molar refractivity (Wildman–Crippen MR) is 105 cm³/mol. The van der Waals surface area contributed by atoms with E-state index >= 15 is 0 Å². The Morgan fingerprint density at radius 2 is 1.59 bits per heavy atom. The minimum absolute atomic E-state index is 0.194. The summed E-state index contributed by atoms with van der Waals surface area (Å²) in [4.78, 5) is 35.9. The Labute approximate surface area is 168 Å². The van der Waals surface area contributed by atoms with Crippen LogP contribution in [-0.2, 0) is 14.3 Å². The maximum Gasteiger partial charge on any atom is 0.331 e. The van der Waals surface area contributed by atoms with E-state index in [1.165, 1.54) is 33.5 Å². The average Bonchev–Trinajstić information content (AvgIpc) is 2.75. The summed E-state index contributed by atoms with van der Waals surface area (Å²) in [7, 11) is 4.40. The highest BCUT2D eigenvalue weighted by molar-refractivity contribution is 6.06. The summed E-state index contributed by atoms with van der Waals surface area (Å²) >= 11 is 0. The normalized spacial score (nSPS) is 10.3. The lowest BCUT2D eigenvalue weighted by Crippen LogP contribution is -2.34. The van der Waals surface area contributed by atoms with E-state index in [1.807, 2.05) is 0 Å². The number of para-hydroxylation sites is 2. The number of methoxy groups -OCH3 is 3. The van der Waals surface area contributed by atoms with Gasteiger partial charge in [0.05, 0.1) is 26.9 Å². The molecule has 0 aliphatic rings. The molecule has 2 amide bonds. The Morgan fingerprint density at radius 1 is 0.897 bits per heavy atom. The van der Waals surface area contributed by atoms with E-state index in [1.54, 1.807) is 36.4 Å². The van der Waals surface area contributed by atoms with Gasteiger partial charge in [-0.2, -0.15) is 0 Å². The second-order valence-corrected chi connectivity index (χ2v) is 5.60. The molecule has 8 nitrogen and oxygen atoms in total. The lowest BCUT2D eigenvalue weighted by atomic mass is 10.1. The third-order valence-corrected chi connectivity index (χ3v) is 3.78. The summed E-state index contributed by atoms with van der Waals surface area (Å²) in [6.45, 7) is -0.612. The van der Waals surface area contributed by atoms with Gasteiger partial charge < -0.3 is 18.9 Å². The molecule has 0 atom stereocenters. The minimum atomic E-state index is -0.762. The van der Waals surface area contributed by atoms with E-state index < -0.39 is 24.4 Å². The van der Waals surface area contributed by atoms with E-state index in [0.717, 1.165) is 6.08 Å². The molecule has 0 unspecified atom stereocenters. The van der Waals surface area contributed by atoms with Crippen LogP contribution in [0.5, 0.6) is 17.2 Å². The first-order valence-electron chi connectivity index (χ1n) is 8.53. The Hall–Kier alpha value is -3.81. The van der Waals surface area contributed by atoms with Crippen LogP contribution < -0.4 is 19.5 Å². The van der Waals surface area contributed by atoms with Gasteiger partial charge in [0.15, 0.2) is 18.1 Å². The third kappa shape index (κ3) is 5.83. The van der Waals surface area contributed by atoms with E-state index in [0.29, 0.717) is 22.8 Å². The Bertz CT molecular complexity index is 921. The molecule has 0 fully saturated rings. The quantitative estimate of drug-likeness (QED) is 0.537. The molecule has 8 heteroatoms. The van der Waals surface area contributed by atoms with Crippen molar-refractivity contribution in [2.75, 3.05) is 27.9 Å². The van der Waals surface area contributed by atoms with Crippen molar-refractivity contribution in [3.8, 4) is 17.2 Å². The molecular formula is C21H21NO7. The van der Waals surface area contributed by atoms with Crippen LogP contribution in [0, 0.1) is 0 Å². The van der Waals surface area contributed by atoms with Crippen molar-refractivity contribution in [3.05, 3.63) is 59.7 Å². The van der Waals surface area contributed by atoms with Crippen LogP contribution in [0.15, 0.2) is 48.5 Å². The lowest BCUT2D eigenvalue weighted by molar-refractivity contribution is -0.143. The van der Waals surface area contributed by atoms with Gasteiger partial charge in [0.1, 0.15) is 5.75 Å². The molecule has 152 valence electrons. The Kier molecular flexibility index (Phi) is 7.78. The van der Waals surface area contributed by atoms with E-state index in [-0.39, 0.29) is 5.56 Å². The fraction of sp³-hybridized carbons (Fsp3) is 0.190. The zero-order chi connectivity index (χ0) is 21.2. The zero-order valence-electron chi connectivity index (χ0n) is 16.3. The van der Waals surface area contributed by atoms with Crippen LogP contribution in [0.1, 0.15) is 15.9 Å². The summed E-state index contributed by atoms with van der Waals surface area (Å²) in [5.74, 6) is -0.877. The van der Waals surface area contributed by atoms with Crippen molar-refractivity contribution in [2.24, 2.45) is 0 Å². The molecule has 0 saturated heterocycles. The fourth-order valence-electron chi connectivity index (χ4n) is 2.45. The largest absolute Gasteiger partial charge is 0.496 e. The van der Waals surface area contributed by atoms with E-state index in [2.05, 4.69) is 5.32 Å². The number of amides is 2. The molecule has 0 spiro atoms. The van der Waals surface area contributed by atoms with Gasteiger partial charge in [0, 0.05) is 11.6 Å². The number of nitrogens with one attached hydrogen (secondary N) is 1. The topological polar surface area (TPSA) is 100 Å². The molecule has 2 rings (SSSR count). The predicted octanol–water partition coefficient (Wildman–Crippen LogP) is 2.23. The number of hydrogen-bond acceptors (Lipinski definition) is 7. The maximum absolute atomic E-state index is 12.1. The van der Waals surface area contributed by atoms with Crippen molar-refractivity contribution in [3.63, 3.8) is 0 Å². The van der Waals surface area contributed by atoms with Crippen molar-refractivity contribution in [2.45, 2.75) is 0 Å². The number of imide groups is 1. The molecule has 2 aromatic rings. The molecule has 2 aromatic carbocycles. The van der Waals surface area contributed by atoms with E-state index in [4.69, 9.17) is 18.9 Å². The number of rotatable bonds is 8. The van der Waals surface area contributed by atoms with Crippen LogP contribution in [0.3, 0.4) is 0 Å². The van der Waals surface area contributed by atoms with Crippen molar-refractivity contribution in [1.82, 2.24) is 5.32 Å². The first-order valence-corrected chi connectivity index (χ1v) is 8.53. The maximum atomic E-state index is 12.1. The molecule has 0 bridgehead atoms. The summed E-state index contributed by atoms with van der Waals surface area (Å²) in [5, 5.41) is 2.14. The van der Waals surface area contributed by atoms with Gasteiger partial charge in [-0.3, -0.25) is 14.9 Å². The molecule has 0 aliphatic heterocycles. The monoisotopic (exact) mass is 399 g/mol. The number of carbonyl (C=O) groups is 3. The molecule has 0 aromatic heterocycles. The average molecular weight is 399 g/mol. The molecule has 0 radical (unpaired) electrons. The van der Waals surface area contributed by atoms with Crippen LogP contribution in [0.4, 0.5) is 0 Å². The van der Waals surface area contributed by atoms with Gasteiger partial charge in [-0.1, -0.05) is 24.3 Å². The number of carbonyl (C=O) groups excluding carboxylic acids is 3. The summed E-state index contributed by atoms with van der Waals surface area (Å²) in [5.41, 5.74) is 0.791. The first kappa shape index (κ1) is 21.5. The summed E-state index contributed by atoms with van der Waals surface area (Å²) < 4.78 is 20.4. The van der Waals surface area contributed by atoms with Crippen LogP contribution in [0.25, 0.3) is 6.08 Å². The van der Waals surface area contributed by atoms with E-state index in [9.17, 15) is 14.4 Å². The lowest BCUT2D eigenvalue weighted by Gasteiger charge is -2.10. The Balaban J connectivity index is 1.91. The first-order chi connectivity index (χ1) is 14.0. The van der Waals surface area contributed by atoms with Crippen LogP contribution in [-0.4, -0.2) is 45.7 Å². The second kappa shape index (κ2) is 10.5. The van der Waals surface area contributed by atoms with Crippen LogP contribution >= 0.6 is 0 Å². The second-order valence-electron chi connectivity index (χ2n) is 5.60. The highest BCUT2D eigenvalue weighted by Crippen LogP contribution is 2.31. The van der Waals surface area contributed by atoms with Gasteiger partial charge >= 0.3 is 5.97 Å². The highest BCUT2D eigenvalue weighted by atomic mass is 16.5. The highest BCUT2D eigenvalue weighted by Gasteiger charge is 2.15. The minimum Gasteiger partial charge on any atom is -0.496 e. The van der Waals surface area contributed by atoms with Crippen molar-refractivity contribution in [1.29, 1.82) is 0 Å². The summed E-state index contributed by atoms with van der Waals surface area (Å²) in [6.07, 6.45) is 2.62. The van der Waals surface area contributed by atoms with Gasteiger partial charge in [-0.25, -0.2) is 4.79 Å². The van der Waals surface area contributed by atoms with Crippen molar-refractivity contribution < 1.29 is 33.3 Å². The molecule has 1 N–H and O–H groups in total. The smallest absolute Gasteiger partial charge is 0.331 e. The third-order valence-electron chi connectivity index (χ3n) is 3.78. The van der Waals surface area contributed by atoms with Crippen molar-refractivity contribution >= 4 is 23.9 Å². The Morgan fingerprint density at radius 3 is 2.28 bits per heavy atom. The molecule has 0 aliphatic carbocycles. The van der Waals surface area contributed by atoms with Gasteiger partial charge in [-0.15, -0.1) is 0 Å². The standard InChI is InChI=1S/C21H21NO7/c1-26-16-9-5-4-8-15(16)21(25)22-18(23)13-29-19(24)12-11-14-7-6-10-17(27-2)20(14)28-3/h4-12H,13H2,1-3H3,(H,22,23,25)/b12-11+. The number of ether oxygens (including phenoxy) is 4. The van der Waals surface area contributed by atoms with Gasteiger partial charge in [0.25, 0.3) is 11.8 Å². The molecular weight excluding hydrogens is 378 g/mol. The summed E-state index contributed by atoms with van der Waals surface area (Å²) in [6, 6.07) is 11.6. The van der Waals surface area contributed by atoms with Gasteiger partial charge in [-0.05, 0) is 24.3 Å².